The quantitative estimate of drug-likeness (QED) is 0.887. The number of nitrogens with one attached hydrogen (secondary N) is 1. The van der Waals surface area contributed by atoms with Crippen molar-refractivity contribution in [2.45, 2.75) is 39.0 Å². The van der Waals surface area contributed by atoms with Crippen molar-refractivity contribution in [3.05, 3.63) is 53.4 Å². The van der Waals surface area contributed by atoms with E-state index in [4.69, 9.17) is 4.74 Å². The number of rotatable bonds is 6. The van der Waals surface area contributed by atoms with E-state index in [1.807, 2.05) is 19.1 Å². The normalized spacial score (nSPS) is 14.2. The molecule has 2 aromatic rings. The lowest BCUT2D eigenvalue weighted by molar-refractivity contribution is 0.299. The standard InChI is InChI=1S/C16H18FN3O/c1-11-2-5-16(15(20-11)9-19-14-3-4-14)21-10-12-6-13(17)8-18-7-12/h2,5-8,14,19H,3-4,9-10H2,1H3. The summed E-state index contributed by atoms with van der Waals surface area (Å²) in [7, 11) is 0. The van der Waals surface area contributed by atoms with Crippen LogP contribution >= 0.6 is 0 Å². The molecule has 21 heavy (non-hydrogen) atoms. The molecule has 2 aromatic heterocycles. The maximum Gasteiger partial charge on any atom is 0.142 e. The first-order chi connectivity index (χ1) is 10.2. The molecule has 1 N–H and O–H groups in total. The van der Waals surface area contributed by atoms with E-state index in [9.17, 15) is 4.39 Å². The predicted molar refractivity (Wildman–Crippen MR) is 77.4 cm³/mol. The van der Waals surface area contributed by atoms with Gasteiger partial charge < -0.3 is 10.1 Å². The van der Waals surface area contributed by atoms with Crippen molar-refractivity contribution in [1.29, 1.82) is 0 Å². The molecule has 0 aliphatic heterocycles. The Morgan fingerprint density at radius 1 is 1.33 bits per heavy atom. The Bertz CT molecular complexity index is 629. The van der Waals surface area contributed by atoms with Gasteiger partial charge >= 0.3 is 0 Å². The number of pyridine rings is 2. The van der Waals surface area contributed by atoms with Crippen LogP contribution < -0.4 is 10.1 Å². The van der Waals surface area contributed by atoms with E-state index in [1.54, 1.807) is 6.20 Å². The highest BCUT2D eigenvalue weighted by molar-refractivity contribution is 5.29. The van der Waals surface area contributed by atoms with Gasteiger partial charge in [-0.05, 0) is 38.0 Å². The second-order valence-electron chi connectivity index (χ2n) is 5.35. The number of hydrogen-bond acceptors (Lipinski definition) is 4. The second kappa shape index (κ2) is 6.18. The molecule has 4 nitrogen and oxygen atoms in total. The van der Waals surface area contributed by atoms with E-state index in [0.29, 0.717) is 18.2 Å². The van der Waals surface area contributed by atoms with Gasteiger partial charge in [0.25, 0.3) is 0 Å². The van der Waals surface area contributed by atoms with E-state index >= 15 is 0 Å². The molecule has 0 unspecified atom stereocenters. The predicted octanol–water partition coefficient (Wildman–Crippen LogP) is 2.76. The number of ether oxygens (including phenoxy) is 1. The summed E-state index contributed by atoms with van der Waals surface area (Å²) in [6.45, 7) is 2.94. The third kappa shape index (κ3) is 3.98. The maximum absolute atomic E-state index is 13.1. The summed E-state index contributed by atoms with van der Waals surface area (Å²) < 4.78 is 18.9. The molecule has 0 amide bonds. The van der Waals surface area contributed by atoms with E-state index < -0.39 is 0 Å². The van der Waals surface area contributed by atoms with E-state index in [2.05, 4.69) is 15.3 Å². The van der Waals surface area contributed by atoms with Crippen molar-refractivity contribution in [3.63, 3.8) is 0 Å². The highest BCUT2D eigenvalue weighted by Gasteiger charge is 2.21. The van der Waals surface area contributed by atoms with Crippen molar-refractivity contribution in [1.82, 2.24) is 15.3 Å². The van der Waals surface area contributed by atoms with Gasteiger partial charge in [-0.15, -0.1) is 0 Å². The molecule has 3 rings (SSSR count). The van der Waals surface area contributed by atoms with Crippen LogP contribution in [0.15, 0.2) is 30.6 Å². The van der Waals surface area contributed by atoms with Gasteiger partial charge in [0, 0.05) is 30.0 Å². The number of aryl methyl sites for hydroxylation is 1. The molecule has 0 aromatic carbocycles. The number of hydrogen-bond donors (Lipinski definition) is 1. The fourth-order valence-electron chi connectivity index (χ4n) is 2.08. The van der Waals surface area contributed by atoms with E-state index in [-0.39, 0.29) is 12.4 Å². The summed E-state index contributed by atoms with van der Waals surface area (Å²) in [4.78, 5) is 8.34. The highest BCUT2D eigenvalue weighted by Crippen LogP contribution is 2.22. The van der Waals surface area contributed by atoms with Crippen molar-refractivity contribution in [2.75, 3.05) is 0 Å². The second-order valence-corrected chi connectivity index (χ2v) is 5.35. The maximum atomic E-state index is 13.1. The summed E-state index contributed by atoms with van der Waals surface area (Å²) >= 11 is 0. The number of halogens is 1. The van der Waals surface area contributed by atoms with Crippen LogP contribution in [0.3, 0.4) is 0 Å². The van der Waals surface area contributed by atoms with E-state index in [0.717, 1.165) is 17.1 Å². The van der Waals surface area contributed by atoms with Crippen LogP contribution in [0.4, 0.5) is 4.39 Å². The molecule has 1 fully saturated rings. The van der Waals surface area contributed by atoms with Crippen LogP contribution in [0, 0.1) is 12.7 Å². The van der Waals surface area contributed by atoms with Crippen LogP contribution in [0.5, 0.6) is 5.75 Å². The summed E-state index contributed by atoms with van der Waals surface area (Å²) in [6, 6.07) is 5.88. The molecule has 110 valence electrons. The smallest absolute Gasteiger partial charge is 0.142 e. The van der Waals surface area contributed by atoms with Gasteiger partial charge in [0.2, 0.25) is 0 Å². The van der Waals surface area contributed by atoms with Crippen molar-refractivity contribution >= 4 is 0 Å². The minimum atomic E-state index is -0.353. The Kier molecular flexibility index (Phi) is 4.10. The summed E-state index contributed by atoms with van der Waals surface area (Å²) in [5.41, 5.74) is 2.56. The SMILES string of the molecule is Cc1ccc(OCc2cncc(F)c2)c(CNC2CC2)n1. The molecule has 0 bridgehead atoms. The lowest BCUT2D eigenvalue weighted by Gasteiger charge is -2.12. The molecule has 0 atom stereocenters. The van der Waals surface area contributed by atoms with Crippen LogP contribution in [0.2, 0.25) is 0 Å². The first kappa shape index (κ1) is 13.9. The molecule has 0 saturated heterocycles. The summed E-state index contributed by atoms with van der Waals surface area (Å²) in [6.07, 6.45) is 5.25. The van der Waals surface area contributed by atoms with Gasteiger partial charge in [-0.25, -0.2) is 4.39 Å². The van der Waals surface area contributed by atoms with Crippen LogP contribution in [-0.2, 0) is 13.2 Å². The third-order valence-corrected chi connectivity index (χ3v) is 3.36. The average molecular weight is 287 g/mol. The number of aromatic nitrogens is 2. The first-order valence-electron chi connectivity index (χ1n) is 7.13. The van der Waals surface area contributed by atoms with Crippen LogP contribution in [0.1, 0.15) is 29.8 Å². The zero-order valence-electron chi connectivity index (χ0n) is 12.0. The first-order valence-corrected chi connectivity index (χ1v) is 7.13. The zero-order chi connectivity index (χ0) is 14.7. The fourth-order valence-corrected chi connectivity index (χ4v) is 2.08. The lowest BCUT2D eigenvalue weighted by Crippen LogP contribution is -2.17. The molecular weight excluding hydrogens is 269 g/mol. The van der Waals surface area contributed by atoms with E-state index in [1.165, 1.54) is 25.1 Å². The topological polar surface area (TPSA) is 47.0 Å². The molecule has 1 aliphatic rings. The molecule has 0 radical (unpaired) electrons. The van der Waals surface area contributed by atoms with Gasteiger partial charge in [0.05, 0.1) is 11.9 Å². The number of nitrogens with zero attached hydrogens (tertiary/aromatic N) is 2. The third-order valence-electron chi connectivity index (χ3n) is 3.36. The van der Waals surface area contributed by atoms with Crippen molar-refractivity contribution < 1.29 is 9.13 Å². The molecule has 2 heterocycles. The minimum absolute atomic E-state index is 0.284. The Labute approximate surface area is 123 Å². The Balaban J connectivity index is 1.68. The molecule has 1 aliphatic carbocycles. The van der Waals surface area contributed by atoms with Gasteiger partial charge in [-0.1, -0.05) is 0 Å². The average Bonchev–Trinajstić information content (AvgIpc) is 3.28. The van der Waals surface area contributed by atoms with Crippen molar-refractivity contribution in [3.8, 4) is 5.75 Å². The largest absolute Gasteiger partial charge is 0.487 e. The van der Waals surface area contributed by atoms with Crippen molar-refractivity contribution in [2.24, 2.45) is 0 Å². The van der Waals surface area contributed by atoms with Gasteiger partial charge in [-0.2, -0.15) is 0 Å². The van der Waals surface area contributed by atoms with Gasteiger partial charge in [-0.3, -0.25) is 9.97 Å². The molecule has 0 spiro atoms. The molecular formula is C16H18FN3O. The fraction of sp³-hybridized carbons (Fsp3) is 0.375. The van der Waals surface area contributed by atoms with Crippen LogP contribution in [0.25, 0.3) is 0 Å². The molecule has 5 heteroatoms. The Hall–Kier alpha value is -2.01. The van der Waals surface area contributed by atoms with Crippen LogP contribution in [-0.4, -0.2) is 16.0 Å². The summed E-state index contributed by atoms with van der Waals surface area (Å²) in [5.74, 6) is 0.381. The lowest BCUT2D eigenvalue weighted by atomic mass is 10.2. The highest BCUT2D eigenvalue weighted by atomic mass is 19.1. The summed E-state index contributed by atoms with van der Waals surface area (Å²) in [5, 5.41) is 3.43. The van der Waals surface area contributed by atoms with Gasteiger partial charge in [0.1, 0.15) is 18.2 Å². The monoisotopic (exact) mass is 287 g/mol. The Morgan fingerprint density at radius 3 is 2.95 bits per heavy atom. The zero-order valence-corrected chi connectivity index (χ0v) is 12.0. The van der Waals surface area contributed by atoms with Gasteiger partial charge in [0.15, 0.2) is 0 Å². The minimum Gasteiger partial charge on any atom is -0.487 e. The Morgan fingerprint density at radius 2 is 2.19 bits per heavy atom. The molecule has 1 saturated carbocycles.